The maximum absolute atomic E-state index is 12.9. The lowest BCUT2D eigenvalue weighted by atomic mass is 10.1. The number of hydrogen-bond donors (Lipinski definition) is 2. The zero-order valence-corrected chi connectivity index (χ0v) is 15.9. The molecule has 0 saturated carbocycles. The van der Waals surface area contributed by atoms with Crippen LogP contribution in [0.3, 0.4) is 0 Å². The Morgan fingerprint density at radius 1 is 1.03 bits per heavy atom. The first-order valence-corrected chi connectivity index (χ1v) is 9.19. The Labute approximate surface area is 167 Å². The first-order valence-electron chi connectivity index (χ1n) is 9.19. The second kappa shape index (κ2) is 6.30. The van der Waals surface area contributed by atoms with E-state index in [9.17, 15) is 9.59 Å². The first kappa shape index (κ1) is 17.2. The van der Waals surface area contributed by atoms with Crippen molar-refractivity contribution in [3.8, 4) is 0 Å². The van der Waals surface area contributed by atoms with Gasteiger partial charge in [0.15, 0.2) is 5.82 Å². The molecule has 5 rings (SSSR count). The van der Waals surface area contributed by atoms with Gasteiger partial charge in [0, 0.05) is 25.5 Å². The summed E-state index contributed by atoms with van der Waals surface area (Å²) in [6.45, 7) is 0. The van der Waals surface area contributed by atoms with Gasteiger partial charge in [0.25, 0.3) is 5.91 Å². The zero-order valence-electron chi connectivity index (χ0n) is 15.9. The molecule has 3 aromatic rings. The average molecular weight is 386 g/mol. The lowest BCUT2D eigenvalue weighted by Gasteiger charge is -2.21. The standard InChI is InChI=1S/C21H18N6O2/c1-26-16-6-4-3-5-14(16)20(29)27(2)17-11-22-21(25-19(17)26)23-13-7-8-15-12(9-13)10-18(28)24-15/h3-9,11H,10H2,1-2H3,(H,24,28)(H,22,23,25). The topological polar surface area (TPSA) is 90.5 Å². The van der Waals surface area contributed by atoms with Crippen molar-refractivity contribution in [2.75, 3.05) is 34.5 Å². The second-order valence-corrected chi connectivity index (χ2v) is 7.06. The molecule has 0 unspecified atom stereocenters. The molecule has 1 aromatic heterocycles. The van der Waals surface area contributed by atoms with E-state index in [1.807, 2.05) is 54.4 Å². The van der Waals surface area contributed by atoms with Crippen molar-refractivity contribution < 1.29 is 9.59 Å². The van der Waals surface area contributed by atoms with Crippen molar-refractivity contribution >= 4 is 46.3 Å². The maximum atomic E-state index is 12.9. The Morgan fingerprint density at radius 3 is 2.72 bits per heavy atom. The van der Waals surface area contributed by atoms with Gasteiger partial charge in [-0.15, -0.1) is 0 Å². The summed E-state index contributed by atoms with van der Waals surface area (Å²) in [6, 6.07) is 13.1. The molecule has 0 saturated heterocycles. The Hall–Kier alpha value is -3.94. The molecule has 0 fully saturated rings. The number of anilines is 6. The van der Waals surface area contributed by atoms with Gasteiger partial charge < -0.3 is 20.4 Å². The molecule has 2 aliphatic heterocycles. The number of fused-ring (bicyclic) bond motifs is 3. The molecule has 0 atom stereocenters. The van der Waals surface area contributed by atoms with Gasteiger partial charge in [-0.1, -0.05) is 12.1 Å². The predicted molar refractivity (Wildman–Crippen MR) is 111 cm³/mol. The molecule has 2 amide bonds. The lowest BCUT2D eigenvalue weighted by Crippen LogP contribution is -2.25. The van der Waals surface area contributed by atoms with E-state index in [-0.39, 0.29) is 11.8 Å². The van der Waals surface area contributed by atoms with E-state index in [2.05, 4.69) is 20.6 Å². The summed E-state index contributed by atoms with van der Waals surface area (Å²) in [4.78, 5) is 36.9. The van der Waals surface area contributed by atoms with Gasteiger partial charge in [-0.25, -0.2) is 4.98 Å². The molecule has 2 N–H and O–H groups in total. The number of nitrogens with one attached hydrogen (secondary N) is 2. The molecule has 2 aliphatic rings. The van der Waals surface area contributed by atoms with Crippen molar-refractivity contribution in [2.45, 2.75) is 6.42 Å². The first-order chi connectivity index (χ1) is 14.0. The minimum atomic E-state index is -0.105. The Kier molecular flexibility index (Phi) is 3.73. The third-order valence-corrected chi connectivity index (χ3v) is 5.22. The molecule has 0 bridgehead atoms. The molecule has 8 heteroatoms. The van der Waals surface area contributed by atoms with Crippen LogP contribution < -0.4 is 20.4 Å². The summed E-state index contributed by atoms with van der Waals surface area (Å²) in [6.07, 6.45) is 2.01. The number of para-hydroxylation sites is 1. The van der Waals surface area contributed by atoms with E-state index >= 15 is 0 Å². The van der Waals surface area contributed by atoms with Crippen molar-refractivity contribution in [1.29, 1.82) is 0 Å². The maximum Gasteiger partial charge on any atom is 0.260 e. The average Bonchev–Trinajstić information content (AvgIpc) is 3.08. The number of hydrogen-bond acceptors (Lipinski definition) is 6. The molecule has 0 aliphatic carbocycles. The quantitative estimate of drug-likeness (QED) is 0.703. The van der Waals surface area contributed by atoms with Gasteiger partial charge in [0.2, 0.25) is 11.9 Å². The SMILES string of the molecule is CN1C(=O)c2ccccc2N(C)c2nc(Nc3ccc4c(c3)CC(=O)N4)ncc21. The highest BCUT2D eigenvalue weighted by Gasteiger charge is 2.28. The fourth-order valence-electron chi connectivity index (χ4n) is 3.70. The predicted octanol–water partition coefficient (Wildman–Crippen LogP) is 3.07. The van der Waals surface area contributed by atoms with Crippen LogP contribution in [0.5, 0.6) is 0 Å². The lowest BCUT2D eigenvalue weighted by molar-refractivity contribution is -0.115. The monoisotopic (exact) mass is 386 g/mol. The normalized spacial score (nSPS) is 14.7. The number of amides is 2. The van der Waals surface area contributed by atoms with Crippen LogP contribution in [0.2, 0.25) is 0 Å². The van der Waals surface area contributed by atoms with E-state index in [1.165, 1.54) is 0 Å². The summed E-state index contributed by atoms with van der Waals surface area (Å²) in [7, 11) is 3.60. The van der Waals surface area contributed by atoms with Crippen LogP contribution in [-0.2, 0) is 11.2 Å². The fourth-order valence-corrected chi connectivity index (χ4v) is 3.70. The number of carbonyl (C=O) groups excluding carboxylic acids is 2. The van der Waals surface area contributed by atoms with E-state index in [1.54, 1.807) is 18.1 Å². The highest BCUT2D eigenvalue weighted by atomic mass is 16.2. The Bertz CT molecular complexity index is 1180. The molecule has 0 spiro atoms. The van der Waals surface area contributed by atoms with Gasteiger partial charge in [0.1, 0.15) is 5.69 Å². The van der Waals surface area contributed by atoms with E-state index in [0.29, 0.717) is 29.4 Å². The van der Waals surface area contributed by atoms with E-state index < -0.39 is 0 Å². The summed E-state index contributed by atoms with van der Waals surface area (Å²) in [5.41, 5.74) is 4.59. The van der Waals surface area contributed by atoms with Gasteiger partial charge >= 0.3 is 0 Å². The third kappa shape index (κ3) is 2.77. The summed E-state index contributed by atoms with van der Waals surface area (Å²) in [5.74, 6) is 0.923. The number of nitrogens with zero attached hydrogens (tertiary/aromatic N) is 4. The van der Waals surface area contributed by atoms with Crippen LogP contribution in [0.1, 0.15) is 15.9 Å². The minimum absolute atomic E-state index is 0.00794. The van der Waals surface area contributed by atoms with Gasteiger partial charge in [-0.05, 0) is 35.9 Å². The molecular weight excluding hydrogens is 368 g/mol. The number of aromatic nitrogens is 2. The zero-order chi connectivity index (χ0) is 20.1. The molecule has 144 valence electrons. The summed E-state index contributed by atoms with van der Waals surface area (Å²) in [5, 5.41) is 6.02. The molecule has 8 nitrogen and oxygen atoms in total. The molecular formula is C21H18N6O2. The number of benzene rings is 2. The van der Waals surface area contributed by atoms with Crippen LogP contribution in [0.15, 0.2) is 48.7 Å². The smallest absolute Gasteiger partial charge is 0.260 e. The van der Waals surface area contributed by atoms with E-state index in [4.69, 9.17) is 0 Å². The number of rotatable bonds is 2. The molecule has 29 heavy (non-hydrogen) atoms. The minimum Gasteiger partial charge on any atom is -0.327 e. The van der Waals surface area contributed by atoms with Crippen LogP contribution in [-0.4, -0.2) is 35.9 Å². The molecule has 3 heterocycles. The highest BCUT2D eigenvalue weighted by Crippen LogP contribution is 2.38. The van der Waals surface area contributed by atoms with Crippen molar-refractivity contribution in [3.05, 3.63) is 59.8 Å². The van der Waals surface area contributed by atoms with Crippen molar-refractivity contribution in [2.24, 2.45) is 0 Å². The van der Waals surface area contributed by atoms with E-state index in [0.717, 1.165) is 22.6 Å². The second-order valence-electron chi connectivity index (χ2n) is 7.06. The van der Waals surface area contributed by atoms with Crippen molar-refractivity contribution in [3.63, 3.8) is 0 Å². The fraction of sp³-hybridized carbons (Fsp3) is 0.143. The largest absolute Gasteiger partial charge is 0.327 e. The van der Waals surface area contributed by atoms with Gasteiger partial charge in [-0.2, -0.15) is 4.98 Å². The van der Waals surface area contributed by atoms with Crippen molar-refractivity contribution in [1.82, 2.24) is 9.97 Å². The molecule has 2 aromatic carbocycles. The third-order valence-electron chi connectivity index (χ3n) is 5.22. The summed E-state index contributed by atoms with van der Waals surface area (Å²) >= 11 is 0. The Balaban J connectivity index is 1.53. The highest BCUT2D eigenvalue weighted by molar-refractivity contribution is 6.13. The Morgan fingerprint density at radius 2 is 1.86 bits per heavy atom. The van der Waals surface area contributed by atoms with Crippen LogP contribution in [0.4, 0.5) is 34.5 Å². The molecule has 0 radical (unpaired) electrons. The van der Waals surface area contributed by atoms with Gasteiger partial charge in [-0.3, -0.25) is 9.59 Å². The summed E-state index contributed by atoms with van der Waals surface area (Å²) < 4.78 is 0. The van der Waals surface area contributed by atoms with Crippen LogP contribution >= 0.6 is 0 Å². The van der Waals surface area contributed by atoms with Crippen LogP contribution in [0, 0.1) is 0 Å². The van der Waals surface area contributed by atoms with Gasteiger partial charge in [0.05, 0.1) is 23.9 Å². The number of carbonyl (C=O) groups is 2. The van der Waals surface area contributed by atoms with Crippen LogP contribution in [0.25, 0.3) is 0 Å².